The lowest BCUT2D eigenvalue weighted by atomic mass is 10.2. The van der Waals surface area contributed by atoms with Crippen LogP contribution in [0, 0.1) is 5.82 Å². The normalized spacial score (nSPS) is 11.1. The van der Waals surface area contributed by atoms with Crippen LogP contribution in [0.4, 0.5) is 20.0 Å². The molecule has 0 saturated carbocycles. The van der Waals surface area contributed by atoms with Gasteiger partial charge in [0.25, 0.3) is 10.0 Å². The summed E-state index contributed by atoms with van der Waals surface area (Å²) in [5, 5.41) is 15.6. The van der Waals surface area contributed by atoms with E-state index in [1.54, 1.807) is 23.6 Å². The van der Waals surface area contributed by atoms with Crippen LogP contribution in [0.1, 0.15) is 18.4 Å². The van der Waals surface area contributed by atoms with Crippen LogP contribution in [-0.4, -0.2) is 51.9 Å². The number of thiazole rings is 1. The Balaban J connectivity index is 1.86. The molecule has 3 rings (SSSR count). The van der Waals surface area contributed by atoms with E-state index in [1.165, 1.54) is 20.4 Å². The van der Waals surface area contributed by atoms with Crippen molar-refractivity contribution >= 4 is 49.9 Å². The van der Waals surface area contributed by atoms with E-state index in [-0.39, 0.29) is 28.9 Å². The number of hydrogen-bond donors (Lipinski definition) is 3. The number of rotatable bonds is 13. The molecule has 0 aliphatic rings. The van der Waals surface area contributed by atoms with E-state index >= 15 is 4.39 Å². The van der Waals surface area contributed by atoms with Crippen molar-refractivity contribution < 1.29 is 32.2 Å². The Bertz CT molecular complexity index is 1330. The number of carbonyl (C=O) groups is 1. The van der Waals surface area contributed by atoms with Crippen molar-refractivity contribution in [1.29, 1.82) is 0 Å². The predicted octanol–water partition coefficient (Wildman–Crippen LogP) is 4.81. The molecule has 0 aliphatic heterocycles. The second-order valence-corrected chi connectivity index (χ2v) is 10.7. The number of carboxylic acid groups (broad SMARTS) is 1. The average molecular weight is 573 g/mol. The summed E-state index contributed by atoms with van der Waals surface area (Å²) in [5.41, 5.74) is 0.742. The van der Waals surface area contributed by atoms with E-state index in [1.807, 2.05) is 0 Å². The molecule has 0 saturated heterocycles. The Morgan fingerprint density at radius 1 is 1.19 bits per heavy atom. The first-order valence-corrected chi connectivity index (χ1v) is 13.7. The largest absolute Gasteiger partial charge is 0.497 e. The van der Waals surface area contributed by atoms with Gasteiger partial charge in [0.05, 0.1) is 31.5 Å². The summed E-state index contributed by atoms with van der Waals surface area (Å²) in [7, 11) is -1.47. The number of methoxy groups -OCH3 is 2. The monoisotopic (exact) mass is 572 g/mol. The number of nitrogens with one attached hydrogen (secondary N) is 2. The van der Waals surface area contributed by atoms with Crippen LogP contribution in [0.3, 0.4) is 0 Å². The van der Waals surface area contributed by atoms with Crippen LogP contribution in [-0.2, 0) is 16.6 Å². The Morgan fingerprint density at radius 2 is 1.95 bits per heavy atom. The number of amides is 1. The minimum atomic E-state index is -4.43. The maximum atomic E-state index is 15.2. The maximum absolute atomic E-state index is 15.2. The van der Waals surface area contributed by atoms with Gasteiger partial charge in [0, 0.05) is 36.3 Å². The van der Waals surface area contributed by atoms with E-state index < -0.39 is 26.8 Å². The number of unbranched alkanes of at least 4 members (excludes halogenated alkanes) is 1. The van der Waals surface area contributed by atoms with Crippen molar-refractivity contribution in [3.8, 4) is 11.5 Å². The SMILES string of the molecule is COc1ccc(CN(c2nccs2)S(=O)(=O)c2cc(Cl)c(NCCCCNC(=O)O)cc2F)c(OC)c1. The minimum Gasteiger partial charge on any atom is -0.497 e. The van der Waals surface area contributed by atoms with Gasteiger partial charge in [0.2, 0.25) is 0 Å². The van der Waals surface area contributed by atoms with Gasteiger partial charge < -0.3 is 25.2 Å². The minimum absolute atomic E-state index is 0.0183. The van der Waals surface area contributed by atoms with Crippen LogP contribution in [0.15, 0.2) is 46.8 Å². The molecule has 200 valence electrons. The number of anilines is 2. The molecule has 0 bridgehead atoms. The Morgan fingerprint density at radius 3 is 2.59 bits per heavy atom. The van der Waals surface area contributed by atoms with Gasteiger partial charge in [-0.05, 0) is 37.1 Å². The van der Waals surface area contributed by atoms with E-state index in [2.05, 4.69) is 15.6 Å². The number of halogens is 2. The fourth-order valence-corrected chi connectivity index (χ4v) is 6.02. The van der Waals surface area contributed by atoms with Gasteiger partial charge in [-0.1, -0.05) is 11.6 Å². The first kappa shape index (κ1) is 28.3. The predicted molar refractivity (Wildman–Crippen MR) is 140 cm³/mol. The summed E-state index contributed by atoms with van der Waals surface area (Å²) in [6.07, 6.45) is 1.49. The van der Waals surface area contributed by atoms with Crippen LogP contribution in [0.25, 0.3) is 0 Å². The first-order chi connectivity index (χ1) is 17.7. The highest BCUT2D eigenvalue weighted by atomic mass is 35.5. The third kappa shape index (κ3) is 7.14. The number of ether oxygens (including phenoxy) is 2. The highest BCUT2D eigenvalue weighted by molar-refractivity contribution is 7.93. The zero-order chi connectivity index (χ0) is 27.0. The molecular weight excluding hydrogens is 547 g/mol. The Hall–Kier alpha value is -3.29. The highest BCUT2D eigenvalue weighted by Gasteiger charge is 2.31. The molecule has 0 spiro atoms. The molecule has 3 aromatic rings. The third-order valence-corrected chi connectivity index (χ3v) is 8.20. The molecule has 0 radical (unpaired) electrons. The van der Waals surface area contributed by atoms with E-state index in [9.17, 15) is 13.2 Å². The van der Waals surface area contributed by atoms with Gasteiger partial charge in [-0.2, -0.15) is 0 Å². The number of benzene rings is 2. The molecule has 0 aliphatic carbocycles. The first-order valence-electron chi connectivity index (χ1n) is 11.0. The van der Waals surface area contributed by atoms with Crippen molar-refractivity contribution in [3.05, 3.63) is 58.3 Å². The lowest BCUT2D eigenvalue weighted by Crippen LogP contribution is -2.31. The van der Waals surface area contributed by atoms with Gasteiger partial charge in [0.15, 0.2) is 5.13 Å². The molecule has 0 unspecified atom stereocenters. The second-order valence-electron chi connectivity index (χ2n) is 7.63. The standard InChI is InChI=1S/C23H26ClFN4O6S2/c1-34-16-6-5-15(20(11-16)35-2)14-29(22-27-9-10-36-22)37(32,33)21-12-17(24)19(13-18(21)25)26-7-3-4-8-28-23(30)31/h5-6,9-13,26,28H,3-4,7-8,14H2,1-2H3,(H,30,31). The summed E-state index contributed by atoms with van der Waals surface area (Å²) < 4.78 is 54.2. The van der Waals surface area contributed by atoms with Gasteiger partial charge in [0.1, 0.15) is 22.2 Å². The quantitative estimate of drug-likeness (QED) is 0.249. The molecule has 37 heavy (non-hydrogen) atoms. The molecule has 3 N–H and O–H groups in total. The molecule has 14 heteroatoms. The van der Waals surface area contributed by atoms with Crippen LogP contribution >= 0.6 is 22.9 Å². The van der Waals surface area contributed by atoms with E-state index in [4.69, 9.17) is 26.2 Å². The van der Waals surface area contributed by atoms with Gasteiger partial charge in [-0.3, -0.25) is 0 Å². The topological polar surface area (TPSA) is 130 Å². The Labute approximate surface area is 223 Å². The maximum Gasteiger partial charge on any atom is 0.404 e. The molecule has 0 atom stereocenters. The van der Waals surface area contributed by atoms with Gasteiger partial charge in [-0.25, -0.2) is 26.9 Å². The van der Waals surface area contributed by atoms with Crippen LogP contribution < -0.4 is 24.4 Å². The van der Waals surface area contributed by atoms with Crippen molar-refractivity contribution in [3.63, 3.8) is 0 Å². The zero-order valence-corrected chi connectivity index (χ0v) is 22.4. The summed E-state index contributed by atoms with van der Waals surface area (Å²) in [5.74, 6) is -0.0567. The summed E-state index contributed by atoms with van der Waals surface area (Å²) in [6, 6.07) is 7.04. The molecule has 0 fully saturated rings. The lowest BCUT2D eigenvalue weighted by molar-refractivity contribution is 0.194. The van der Waals surface area contributed by atoms with Crippen molar-refractivity contribution in [1.82, 2.24) is 10.3 Å². The summed E-state index contributed by atoms with van der Waals surface area (Å²) in [6.45, 7) is 0.487. The number of hydrogen-bond acceptors (Lipinski definition) is 8. The number of sulfonamides is 1. The van der Waals surface area contributed by atoms with Gasteiger partial charge >= 0.3 is 6.09 Å². The lowest BCUT2D eigenvalue weighted by Gasteiger charge is -2.23. The molecule has 10 nitrogen and oxygen atoms in total. The average Bonchev–Trinajstić information content (AvgIpc) is 3.40. The van der Waals surface area contributed by atoms with Crippen molar-refractivity contribution in [2.45, 2.75) is 24.3 Å². The molecule has 2 aromatic carbocycles. The van der Waals surface area contributed by atoms with Crippen molar-refractivity contribution in [2.75, 3.05) is 36.9 Å². The van der Waals surface area contributed by atoms with E-state index in [0.29, 0.717) is 36.4 Å². The summed E-state index contributed by atoms with van der Waals surface area (Å²) >= 11 is 7.40. The molecular formula is C23H26ClFN4O6S2. The number of aromatic nitrogens is 1. The fraction of sp³-hybridized carbons (Fsp3) is 0.304. The van der Waals surface area contributed by atoms with E-state index in [0.717, 1.165) is 27.8 Å². The smallest absolute Gasteiger partial charge is 0.404 e. The molecule has 1 aromatic heterocycles. The van der Waals surface area contributed by atoms with Crippen LogP contribution in [0.2, 0.25) is 5.02 Å². The third-order valence-electron chi connectivity index (χ3n) is 5.23. The van der Waals surface area contributed by atoms with Crippen LogP contribution in [0.5, 0.6) is 11.5 Å². The second kappa shape index (κ2) is 12.8. The molecule has 1 amide bonds. The van der Waals surface area contributed by atoms with Crippen molar-refractivity contribution in [2.24, 2.45) is 0 Å². The fourth-order valence-electron chi connectivity index (χ4n) is 3.38. The Kier molecular flexibility index (Phi) is 9.78. The zero-order valence-electron chi connectivity index (χ0n) is 20.0. The summed E-state index contributed by atoms with van der Waals surface area (Å²) in [4.78, 5) is 14.0. The van der Waals surface area contributed by atoms with Gasteiger partial charge in [-0.15, -0.1) is 11.3 Å². The number of nitrogens with zero attached hydrogens (tertiary/aromatic N) is 2. The molecule has 1 heterocycles. The highest BCUT2D eigenvalue weighted by Crippen LogP contribution is 2.35.